The largest absolute Gasteiger partial charge is 0.304 e. The van der Waals surface area contributed by atoms with Crippen LogP contribution in [0.4, 0.5) is 0 Å². The minimum absolute atomic E-state index is 0.0417. The van der Waals surface area contributed by atoms with E-state index >= 15 is 0 Å². The minimum Gasteiger partial charge on any atom is -0.304 e. The smallest absolute Gasteiger partial charge is 0.178 e. The molecule has 3 rings (SSSR count). The molecule has 1 atom stereocenters. The van der Waals surface area contributed by atoms with Crippen LogP contribution in [0.2, 0.25) is 0 Å². The van der Waals surface area contributed by atoms with Gasteiger partial charge in [-0.05, 0) is 31.0 Å². The van der Waals surface area contributed by atoms with E-state index < -0.39 is 9.84 Å². The molecule has 0 radical (unpaired) electrons. The van der Waals surface area contributed by atoms with Crippen LogP contribution in [0.1, 0.15) is 29.5 Å². The third-order valence-corrected chi connectivity index (χ3v) is 5.48. The molecule has 5 nitrogen and oxygen atoms in total. The quantitative estimate of drug-likeness (QED) is 0.936. The predicted molar refractivity (Wildman–Crippen MR) is 79.5 cm³/mol. The molecule has 2 heterocycles. The number of hydrogen-bond donors (Lipinski definition) is 1. The molecule has 6 heteroatoms. The molecule has 0 fully saturated rings. The highest BCUT2D eigenvalue weighted by Crippen LogP contribution is 2.31. The van der Waals surface area contributed by atoms with E-state index in [1.165, 1.54) is 0 Å². The fourth-order valence-electron chi connectivity index (χ4n) is 2.63. The summed E-state index contributed by atoms with van der Waals surface area (Å²) in [5.74, 6) is 0.922. The molecule has 0 saturated heterocycles. The zero-order valence-electron chi connectivity index (χ0n) is 11.8. The highest BCUT2D eigenvalue weighted by atomic mass is 32.2. The fraction of sp³-hybridized carbons (Fsp3) is 0.333. The number of aryl methyl sites for hydroxylation is 1. The molecule has 1 aromatic carbocycles. The van der Waals surface area contributed by atoms with E-state index in [1.54, 1.807) is 18.3 Å². The van der Waals surface area contributed by atoms with Gasteiger partial charge in [0, 0.05) is 18.8 Å². The Morgan fingerprint density at radius 3 is 2.90 bits per heavy atom. The SMILES string of the molecule is Cc1nccc(CNC2CCS(=O)(=O)c3ccccc32)n1. The molecule has 2 aromatic rings. The van der Waals surface area contributed by atoms with E-state index in [4.69, 9.17) is 0 Å². The molecule has 0 bridgehead atoms. The van der Waals surface area contributed by atoms with Crippen LogP contribution in [0, 0.1) is 6.92 Å². The second-order valence-corrected chi connectivity index (χ2v) is 7.25. The van der Waals surface area contributed by atoms with E-state index in [2.05, 4.69) is 15.3 Å². The monoisotopic (exact) mass is 303 g/mol. The van der Waals surface area contributed by atoms with Crippen molar-refractivity contribution in [2.45, 2.75) is 30.8 Å². The molecule has 0 spiro atoms. The lowest BCUT2D eigenvalue weighted by atomic mass is 10.0. The van der Waals surface area contributed by atoms with Crippen LogP contribution in [0.3, 0.4) is 0 Å². The van der Waals surface area contributed by atoms with Crippen LogP contribution in [0.5, 0.6) is 0 Å². The van der Waals surface area contributed by atoms with Crippen molar-refractivity contribution in [1.82, 2.24) is 15.3 Å². The van der Waals surface area contributed by atoms with Gasteiger partial charge in [-0.1, -0.05) is 18.2 Å². The Kier molecular flexibility index (Phi) is 3.73. The number of nitrogens with one attached hydrogen (secondary N) is 1. The van der Waals surface area contributed by atoms with E-state index in [1.807, 2.05) is 25.1 Å². The van der Waals surface area contributed by atoms with Crippen LogP contribution >= 0.6 is 0 Å². The Bertz CT molecular complexity index is 759. The van der Waals surface area contributed by atoms with Crippen LogP contribution < -0.4 is 5.32 Å². The fourth-order valence-corrected chi connectivity index (χ4v) is 4.25. The number of aromatic nitrogens is 2. The molecule has 0 amide bonds. The van der Waals surface area contributed by atoms with Gasteiger partial charge >= 0.3 is 0 Å². The molecule has 1 aromatic heterocycles. The van der Waals surface area contributed by atoms with Gasteiger partial charge in [0.15, 0.2) is 9.84 Å². The third kappa shape index (κ3) is 2.96. The standard InChI is InChI=1S/C15H17N3O2S/c1-11-16-8-6-12(18-11)10-17-14-7-9-21(19,20)15-5-3-2-4-13(14)15/h2-6,8,14,17H,7,9-10H2,1H3. The second-order valence-electron chi connectivity index (χ2n) is 5.17. The van der Waals surface area contributed by atoms with Crippen LogP contribution in [-0.4, -0.2) is 24.1 Å². The van der Waals surface area contributed by atoms with Crippen molar-refractivity contribution in [2.75, 3.05) is 5.75 Å². The van der Waals surface area contributed by atoms with Gasteiger partial charge in [0.05, 0.1) is 16.3 Å². The number of rotatable bonds is 3. The maximum atomic E-state index is 12.1. The Hall–Kier alpha value is -1.79. The number of sulfone groups is 1. The lowest BCUT2D eigenvalue weighted by Crippen LogP contribution is -2.29. The predicted octanol–water partition coefficient (Wildman–Crippen LogP) is 1.79. The van der Waals surface area contributed by atoms with Gasteiger partial charge in [-0.2, -0.15) is 0 Å². The van der Waals surface area contributed by atoms with Gasteiger partial charge in [0.25, 0.3) is 0 Å². The van der Waals surface area contributed by atoms with Crippen LogP contribution in [0.25, 0.3) is 0 Å². The Morgan fingerprint density at radius 1 is 1.29 bits per heavy atom. The first-order valence-electron chi connectivity index (χ1n) is 6.90. The topological polar surface area (TPSA) is 72.0 Å². The first-order chi connectivity index (χ1) is 10.1. The van der Waals surface area contributed by atoms with E-state index in [0.717, 1.165) is 17.1 Å². The molecule has 1 aliphatic heterocycles. The summed E-state index contributed by atoms with van der Waals surface area (Å²) in [6.45, 7) is 2.45. The van der Waals surface area contributed by atoms with Gasteiger partial charge in [-0.3, -0.25) is 0 Å². The Balaban J connectivity index is 1.81. The summed E-state index contributed by atoms with van der Waals surface area (Å²) in [6.07, 6.45) is 2.32. The van der Waals surface area contributed by atoms with Gasteiger partial charge in [-0.25, -0.2) is 18.4 Å². The van der Waals surface area contributed by atoms with Crippen molar-refractivity contribution >= 4 is 9.84 Å². The molecule has 21 heavy (non-hydrogen) atoms. The first kappa shape index (κ1) is 14.2. The molecular weight excluding hydrogens is 286 g/mol. The summed E-state index contributed by atoms with van der Waals surface area (Å²) in [7, 11) is -3.13. The average molecular weight is 303 g/mol. The average Bonchev–Trinajstić information content (AvgIpc) is 2.47. The highest BCUT2D eigenvalue weighted by Gasteiger charge is 2.29. The molecule has 1 unspecified atom stereocenters. The molecular formula is C15H17N3O2S. The summed E-state index contributed by atoms with van der Waals surface area (Å²) in [5.41, 5.74) is 1.77. The van der Waals surface area contributed by atoms with Crippen LogP contribution in [-0.2, 0) is 16.4 Å². The van der Waals surface area contributed by atoms with Crippen molar-refractivity contribution in [3.8, 4) is 0 Å². The van der Waals surface area contributed by atoms with Crippen molar-refractivity contribution in [3.63, 3.8) is 0 Å². The van der Waals surface area contributed by atoms with Crippen molar-refractivity contribution in [3.05, 3.63) is 53.6 Å². The van der Waals surface area contributed by atoms with Gasteiger partial charge in [0.1, 0.15) is 5.82 Å². The summed E-state index contributed by atoms with van der Waals surface area (Å²) < 4.78 is 24.2. The van der Waals surface area contributed by atoms with E-state index in [9.17, 15) is 8.42 Å². The summed E-state index contributed by atoms with van der Waals surface area (Å²) in [5, 5.41) is 3.40. The Morgan fingerprint density at radius 2 is 2.10 bits per heavy atom. The summed E-state index contributed by atoms with van der Waals surface area (Å²) in [6, 6.07) is 9.13. The molecule has 110 valence electrons. The minimum atomic E-state index is -3.13. The van der Waals surface area contributed by atoms with E-state index in [0.29, 0.717) is 17.9 Å². The van der Waals surface area contributed by atoms with Gasteiger partial charge in [0.2, 0.25) is 0 Å². The molecule has 1 aliphatic rings. The summed E-state index contributed by atoms with van der Waals surface area (Å²) >= 11 is 0. The number of benzene rings is 1. The Labute approximate surface area is 124 Å². The number of nitrogens with zero attached hydrogens (tertiary/aromatic N) is 2. The number of hydrogen-bond acceptors (Lipinski definition) is 5. The van der Waals surface area contributed by atoms with Crippen molar-refractivity contribution in [2.24, 2.45) is 0 Å². The second kappa shape index (κ2) is 5.54. The van der Waals surface area contributed by atoms with E-state index in [-0.39, 0.29) is 11.8 Å². The van der Waals surface area contributed by atoms with Crippen molar-refractivity contribution < 1.29 is 8.42 Å². The number of fused-ring (bicyclic) bond motifs is 1. The first-order valence-corrected chi connectivity index (χ1v) is 8.55. The van der Waals surface area contributed by atoms with Crippen molar-refractivity contribution in [1.29, 1.82) is 0 Å². The highest BCUT2D eigenvalue weighted by molar-refractivity contribution is 7.91. The van der Waals surface area contributed by atoms with Crippen LogP contribution in [0.15, 0.2) is 41.4 Å². The third-order valence-electron chi connectivity index (χ3n) is 3.67. The normalized spacial score (nSPS) is 20.0. The molecule has 0 aliphatic carbocycles. The molecule has 0 saturated carbocycles. The lowest BCUT2D eigenvalue weighted by Gasteiger charge is -2.26. The van der Waals surface area contributed by atoms with Gasteiger partial charge in [-0.15, -0.1) is 0 Å². The zero-order valence-corrected chi connectivity index (χ0v) is 12.6. The lowest BCUT2D eigenvalue weighted by molar-refractivity contribution is 0.487. The summed E-state index contributed by atoms with van der Waals surface area (Å²) in [4.78, 5) is 8.87. The maximum absolute atomic E-state index is 12.1. The maximum Gasteiger partial charge on any atom is 0.178 e. The van der Waals surface area contributed by atoms with Gasteiger partial charge < -0.3 is 5.32 Å². The zero-order chi connectivity index (χ0) is 14.9. The molecule has 1 N–H and O–H groups in total.